The summed E-state index contributed by atoms with van der Waals surface area (Å²) in [4.78, 5) is 38.5. The van der Waals surface area contributed by atoms with E-state index in [1.54, 1.807) is 32.9 Å². The predicted molar refractivity (Wildman–Crippen MR) is 104 cm³/mol. The van der Waals surface area contributed by atoms with Crippen molar-refractivity contribution in [2.24, 2.45) is 0 Å². The largest absolute Gasteiger partial charge is 0.489 e. The summed E-state index contributed by atoms with van der Waals surface area (Å²) in [5.41, 5.74) is 0.846. The van der Waals surface area contributed by atoms with Crippen LogP contribution in [0.2, 0.25) is 0 Å². The van der Waals surface area contributed by atoms with Crippen LogP contribution in [0.3, 0.4) is 0 Å². The number of carbonyl (C=O) groups excluding carboxylic acids is 3. The second-order valence-electron chi connectivity index (χ2n) is 8.47. The minimum Gasteiger partial charge on any atom is -0.489 e. The number of ether oxygens (including phenoxy) is 2. The van der Waals surface area contributed by atoms with Crippen LogP contribution >= 0.6 is 0 Å². The molecule has 0 fully saturated rings. The van der Waals surface area contributed by atoms with E-state index in [9.17, 15) is 27.6 Å². The molecule has 3 rings (SSSR count). The van der Waals surface area contributed by atoms with E-state index in [1.807, 2.05) is 0 Å². The van der Waals surface area contributed by atoms with Crippen LogP contribution < -0.4 is 15.0 Å². The highest BCUT2D eigenvalue weighted by atomic mass is 19.4. The van der Waals surface area contributed by atoms with Gasteiger partial charge in [-0.05, 0) is 50.5 Å². The van der Waals surface area contributed by atoms with Gasteiger partial charge >= 0.3 is 18.2 Å². The zero-order chi connectivity index (χ0) is 23.1. The molecule has 1 N–H and O–H groups in total. The van der Waals surface area contributed by atoms with Crippen LogP contribution in [-0.2, 0) is 27.3 Å². The molecule has 0 saturated carbocycles. The van der Waals surface area contributed by atoms with Crippen LogP contribution in [0, 0.1) is 0 Å². The van der Waals surface area contributed by atoms with Crippen LogP contribution in [0.5, 0.6) is 5.75 Å². The number of anilines is 1. The number of alkyl carbamates (subject to hydrolysis) is 1. The molecule has 2 aliphatic heterocycles. The topological polar surface area (TPSA) is 88.2 Å². The maximum atomic E-state index is 12.8. The predicted octanol–water partition coefficient (Wildman–Crippen LogP) is 2.38. The Morgan fingerprint density at radius 2 is 1.87 bits per heavy atom. The first-order valence-corrected chi connectivity index (χ1v) is 9.68. The number of hydrogen-bond acceptors (Lipinski definition) is 5. The van der Waals surface area contributed by atoms with Gasteiger partial charge in [-0.25, -0.2) is 4.79 Å². The minimum atomic E-state index is -4.94. The number of fused-ring (bicyclic) bond motifs is 2. The van der Waals surface area contributed by atoms with Gasteiger partial charge in [0.15, 0.2) is 0 Å². The van der Waals surface area contributed by atoms with Crippen LogP contribution in [-0.4, -0.2) is 60.8 Å². The molecular formula is C20H24F3N3O5. The molecule has 2 aliphatic rings. The van der Waals surface area contributed by atoms with Gasteiger partial charge in [-0.2, -0.15) is 13.2 Å². The van der Waals surface area contributed by atoms with Gasteiger partial charge in [0, 0.05) is 20.1 Å². The summed E-state index contributed by atoms with van der Waals surface area (Å²) in [6, 6.07) is 2.21. The summed E-state index contributed by atoms with van der Waals surface area (Å²) in [5, 5.41) is 2.48. The fraction of sp³-hybridized carbons (Fsp3) is 0.550. The van der Waals surface area contributed by atoms with Crippen molar-refractivity contribution < 1.29 is 37.0 Å². The molecule has 31 heavy (non-hydrogen) atoms. The van der Waals surface area contributed by atoms with Crippen LogP contribution in [0.25, 0.3) is 0 Å². The second kappa shape index (κ2) is 7.93. The molecule has 0 radical (unpaired) electrons. The summed E-state index contributed by atoms with van der Waals surface area (Å²) in [6.07, 6.45) is -5.49. The number of amides is 3. The summed E-state index contributed by atoms with van der Waals surface area (Å²) in [7, 11) is 1.48. The molecule has 1 aromatic rings. The molecular weight excluding hydrogens is 419 g/mol. The van der Waals surface area contributed by atoms with E-state index in [0.29, 0.717) is 17.0 Å². The number of rotatable bonds is 1. The molecule has 3 amide bonds. The number of halogens is 3. The third-order valence-corrected chi connectivity index (χ3v) is 4.91. The zero-order valence-corrected chi connectivity index (χ0v) is 17.6. The number of nitrogens with zero attached hydrogens (tertiary/aromatic N) is 2. The second-order valence-corrected chi connectivity index (χ2v) is 8.47. The fourth-order valence-electron chi connectivity index (χ4n) is 3.45. The Kier molecular flexibility index (Phi) is 5.81. The normalized spacial score (nSPS) is 19.1. The van der Waals surface area contributed by atoms with Crippen molar-refractivity contribution in [1.29, 1.82) is 0 Å². The average molecular weight is 443 g/mol. The van der Waals surface area contributed by atoms with Gasteiger partial charge in [0.25, 0.3) is 5.91 Å². The maximum absolute atomic E-state index is 12.8. The smallest absolute Gasteiger partial charge is 0.471 e. The van der Waals surface area contributed by atoms with E-state index in [4.69, 9.17) is 9.47 Å². The SMILES string of the molecule is CN1C(=O)[C@@H](NC(=O)OC(C)(C)C)COc2cc3c(cc21)CN(C(=O)C(F)(F)F)CC3. The molecule has 11 heteroatoms. The summed E-state index contributed by atoms with van der Waals surface area (Å²) < 4.78 is 49.3. The van der Waals surface area contributed by atoms with E-state index < -0.39 is 35.7 Å². The lowest BCUT2D eigenvalue weighted by Crippen LogP contribution is -2.50. The highest BCUT2D eigenvalue weighted by Gasteiger charge is 2.43. The van der Waals surface area contributed by atoms with Gasteiger partial charge in [-0.3, -0.25) is 9.59 Å². The first-order valence-electron chi connectivity index (χ1n) is 9.68. The molecule has 0 aliphatic carbocycles. The number of benzene rings is 1. The number of nitrogens with one attached hydrogen (secondary N) is 1. The molecule has 1 atom stereocenters. The highest BCUT2D eigenvalue weighted by Crippen LogP contribution is 2.36. The van der Waals surface area contributed by atoms with Gasteiger partial charge in [-0.1, -0.05) is 0 Å². The van der Waals surface area contributed by atoms with Crippen LogP contribution in [0.1, 0.15) is 31.9 Å². The summed E-state index contributed by atoms with van der Waals surface area (Å²) in [6.45, 7) is 4.66. The first kappa shape index (κ1) is 22.7. The molecule has 2 heterocycles. The van der Waals surface area contributed by atoms with Crippen molar-refractivity contribution in [3.8, 4) is 5.75 Å². The number of alkyl halides is 3. The van der Waals surface area contributed by atoms with E-state index in [2.05, 4.69) is 5.32 Å². The minimum absolute atomic E-state index is 0.0677. The Balaban J connectivity index is 1.81. The molecule has 1 aromatic carbocycles. The van der Waals surface area contributed by atoms with Gasteiger partial charge < -0.3 is 24.6 Å². The lowest BCUT2D eigenvalue weighted by molar-refractivity contribution is -0.186. The Bertz CT molecular complexity index is 911. The van der Waals surface area contributed by atoms with Crippen molar-refractivity contribution in [2.75, 3.05) is 25.1 Å². The Morgan fingerprint density at radius 1 is 1.19 bits per heavy atom. The molecule has 8 nitrogen and oxygen atoms in total. The molecule has 0 unspecified atom stereocenters. The van der Waals surface area contributed by atoms with Crippen molar-refractivity contribution in [3.63, 3.8) is 0 Å². The Hall–Kier alpha value is -2.98. The van der Waals surface area contributed by atoms with Crippen molar-refractivity contribution in [3.05, 3.63) is 23.3 Å². The fourth-order valence-corrected chi connectivity index (χ4v) is 3.45. The van der Waals surface area contributed by atoms with E-state index in [-0.39, 0.29) is 26.1 Å². The van der Waals surface area contributed by atoms with E-state index in [0.717, 1.165) is 10.5 Å². The van der Waals surface area contributed by atoms with Gasteiger partial charge in [0.1, 0.15) is 24.0 Å². The molecule has 0 bridgehead atoms. The lowest BCUT2D eigenvalue weighted by Gasteiger charge is -2.30. The van der Waals surface area contributed by atoms with E-state index in [1.165, 1.54) is 11.9 Å². The highest BCUT2D eigenvalue weighted by molar-refractivity contribution is 6.00. The maximum Gasteiger partial charge on any atom is 0.471 e. The number of hydrogen-bond donors (Lipinski definition) is 1. The van der Waals surface area contributed by atoms with Crippen molar-refractivity contribution >= 4 is 23.6 Å². The van der Waals surface area contributed by atoms with Crippen molar-refractivity contribution in [2.45, 2.75) is 51.6 Å². The summed E-state index contributed by atoms with van der Waals surface area (Å²) in [5.74, 6) is -1.99. The van der Waals surface area contributed by atoms with Gasteiger partial charge in [0.05, 0.1) is 5.69 Å². The van der Waals surface area contributed by atoms with Crippen LogP contribution in [0.15, 0.2) is 12.1 Å². The van der Waals surface area contributed by atoms with Crippen molar-refractivity contribution in [1.82, 2.24) is 10.2 Å². The number of carbonyl (C=O) groups is 3. The van der Waals surface area contributed by atoms with Gasteiger partial charge in [-0.15, -0.1) is 0 Å². The summed E-state index contributed by atoms with van der Waals surface area (Å²) >= 11 is 0. The van der Waals surface area contributed by atoms with Crippen LogP contribution in [0.4, 0.5) is 23.7 Å². The standard InChI is InChI=1S/C20H24F3N3O5/c1-19(2,3)31-18(29)24-13-10-30-15-8-11-5-6-26(17(28)20(21,22)23)9-12(11)7-14(15)25(4)16(13)27/h7-8,13H,5-6,9-10H2,1-4H3,(H,24,29)/t13-/m0/s1. The molecule has 0 saturated heterocycles. The Labute approximate surface area is 177 Å². The molecule has 170 valence electrons. The first-order chi connectivity index (χ1) is 14.3. The molecule has 0 aromatic heterocycles. The monoisotopic (exact) mass is 443 g/mol. The lowest BCUT2D eigenvalue weighted by atomic mass is 9.98. The van der Waals surface area contributed by atoms with E-state index >= 15 is 0 Å². The quantitative estimate of drug-likeness (QED) is 0.720. The number of likely N-dealkylation sites (N-methyl/N-ethyl adjacent to an activating group) is 1. The average Bonchev–Trinajstić information content (AvgIpc) is 2.75. The zero-order valence-electron chi connectivity index (χ0n) is 17.6. The third kappa shape index (κ3) is 5.02. The Morgan fingerprint density at radius 3 is 2.48 bits per heavy atom. The van der Waals surface area contributed by atoms with Gasteiger partial charge in [0.2, 0.25) is 0 Å². The molecule has 0 spiro atoms. The third-order valence-electron chi connectivity index (χ3n) is 4.91.